The number of piperazine rings is 1. The number of sulfonamides is 1. The van der Waals surface area contributed by atoms with Gasteiger partial charge in [-0.3, -0.25) is 0 Å². The van der Waals surface area contributed by atoms with E-state index in [1.54, 1.807) is 31.4 Å². The van der Waals surface area contributed by atoms with Gasteiger partial charge in [-0.1, -0.05) is 0 Å². The van der Waals surface area contributed by atoms with E-state index in [4.69, 9.17) is 18.9 Å². The van der Waals surface area contributed by atoms with E-state index in [1.807, 2.05) is 26.8 Å². The van der Waals surface area contributed by atoms with Gasteiger partial charge in [-0.05, 0) is 45.0 Å². The first-order chi connectivity index (χ1) is 17.4. The van der Waals surface area contributed by atoms with Gasteiger partial charge in [0.2, 0.25) is 15.8 Å². The minimum absolute atomic E-state index is 0.243. The average molecular weight is 517 g/mol. The summed E-state index contributed by atoms with van der Waals surface area (Å²) in [5.41, 5.74) is 0.670. The van der Waals surface area contributed by atoms with Crippen molar-refractivity contribution in [2.45, 2.75) is 25.7 Å². The van der Waals surface area contributed by atoms with E-state index in [0.717, 1.165) is 5.39 Å². The van der Waals surface area contributed by atoms with E-state index in [-0.39, 0.29) is 4.90 Å². The molecule has 0 N–H and O–H groups in total. The molecule has 10 nitrogen and oxygen atoms in total. The molecule has 0 radical (unpaired) electrons. The summed E-state index contributed by atoms with van der Waals surface area (Å²) < 4.78 is 50.8. The number of hydrogen-bond donors (Lipinski definition) is 0. The summed E-state index contributed by atoms with van der Waals surface area (Å²) in [6.45, 7) is 8.61. The fraction of sp³-hybridized carbons (Fsp3) is 0.440. The molecule has 1 aliphatic heterocycles. The van der Waals surface area contributed by atoms with Crippen LogP contribution in [0.25, 0.3) is 10.9 Å². The molecule has 0 bridgehead atoms. The molecule has 0 spiro atoms. The van der Waals surface area contributed by atoms with Gasteiger partial charge in [0.15, 0.2) is 11.5 Å². The number of hydrogen-bond acceptors (Lipinski definition) is 9. The Balaban J connectivity index is 1.66. The van der Waals surface area contributed by atoms with Gasteiger partial charge in [-0.25, -0.2) is 18.4 Å². The Morgan fingerprint density at radius 2 is 1.50 bits per heavy atom. The summed E-state index contributed by atoms with van der Waals surface area (Å²) in [6.07, 6.45) is 1.50. The summed E-state index contributed by atoms with van der Waals surface area (Å²) in [4.78, 5) is 11.3. The first-order valence-corrected chi connectivity index (χ1v) is 13.5. The molecule has 2 heterocycles. The quantitative estimate of drug-likeness (QED) is 0.401. The molecule has 11 heteroatoms. The van der Waals surface area contributed by atoms with Crippen LogP contribution >= 0.6 is 0 Å². The van der Waals surface area contributed by atoms with E-state index >= 15 is 0 Å². The number of methoxy groups -OCH3 is 1. The van der Waals surface area contributed by atoms with Crippen molar-refractivity contribution in [1.82, 2.24) is 14.3 Å². The molecule has 4 rings (SSSR count). The van der Waals surface area contributed by atoms with Crippen molar-refractivity contribution in [3.05, 3.63) is 36.7 Å². The van der Waals surface area contributed by atoms with Gasteiger partial charge in [0.1, 0.15) is 17.9 Å². The highest BCUT2D eigenvalue weighted by molar-refractivity contribution is 7.89. The van der Waals surface area contributed by atoms with Crippen LogP contribution in [0.4, 0.5) is 5.82 Å². The minimum Gasteiger partial charge on any atom is -0.497 e. The van der Waals surface area contributed by atoms with E-state index in [2.05, 4.69) is 14.9 Å². The van der Waals surface area contributed by atoms with Gasteiger partial charge >= 0.3 is 0 Å². The Kier molecular flexibility index (Phi) is 8.00. The normalized spacial score (nSPS) is 14.6. The Morgan fingerprint density at radius 3 is 2.11 bits per heavy atom. The zero-order valence-electron chi connectivity index (χ0n) is 21.1. The second kappa shape index (κ2) is 11.2. The SMILES string of the molecule is CCOc1cc2ncnc(N3CCN(S(=O)(=O)c4ccc(OC)cc4)CC3)c2c(OCC)c1OCC. The van der Waals surface area contributed by atoms with Crippen LogP contribution in [0, 0.1) is 0 Å². The lowest BCUT2D eigenvalue weighted by Crippen LogP contribution is -2.49. The molecule has 0 amide bonds. The zero-order chi connectivity index (χ0) is 25.7. The smallest absolute Gasteiger partial charge is 0.243 e. The molecule has 0 aliphatic carbocycles. The van der Waals surface area contributed by atoms with Crippen molar-refractivity contribution in [3.63, 3.8) is 0 Å². The molecule has 0 atom stereocenters. The zero-order valence-corrected chi connectivity index (χ0v) is 21.9. The van der Waals surface area contributed by atoms with Crippen LogP contribution in [0.2, 0.25) is 0 Å². The maximum atomic E-state index is 13.2. The molecule has 1 aromatic heterocycles. The second-order valence-corrected chi connectivity index (χ2v) is 9.93. The molecule has 36 heavy (non-hydrogen) atoms. The minimum atomic E-state index is -3.62. The number of anilines is 1. The maximum absolute atomic E-state index is 13.2. The van der Waals surface area contributed by atoms with Gasteiger partial charge in [-0.15, -0.1) is 0 Å². The first kappa shape index (κ1) is 25.8. The molecular formula is C25H32N4O6S. The largest absolute Gasteiger partial charge is 0.497 e. The third-order valence-electron chi connectivity index (χ3n) is 5.89. The van der Waals surface area contributed by atoms with Gasteiger partial charge in [-0.2, -0.15) is 4.31 Å². The first-order valence-electron chi connectivity index (χ1n) is 12.0. The van der Waals surface area contributed by atoms with Crippen molar-refractivity contribution in [2.75, 3.05) is 58.0 Å². The van der Waals surface area contributed by atoms with Crippen molar-refractivity contribution >= 4 is 26.7 Å². The molecule has 2 aromatic carbocycles. The number of fused-ring (bicyclic) bond motifs is 1. The van der Waals surface area contributed by atoms with Crippen LogP contribution in [0.1, 0.15) is 20.8 Å². The third-order valence-corrected chi connectivity index (χ3v) is 7.81. The molecule has 0 saturated carbocycles. The highest BCUT2D eigenvalue weighted by Gasteiger charge is 2.31. The Hall–Kier alpha value is -3.31. The van der Waals surface area contributed by atoms with Crippen LogP contribution in [-0.2, 0) is 10.0 Å². The van der Waals surface area contributed by atoms with E-state index in [0.29, 0.717) is 80.3 Å². The predicted molar refractivity (Wildman–Crippen MR) is 137 cm³/mol. The fourth-order valence-electron chi connectivity index (χ4n) is 4.23. The molecule has 1 saturated heterocycles. The monoisotopic (exact) mass is 516 g/mol. The Bertz CT molecular complexity index is 1290. The van der Waals surface area contributed by atoms with Crippen LogP contribution in [0.15, 0.2) is 41.6 Å². The summed E-state index contributed by atoms with van der Waals surface area (Å²) in [5, 5.41) is 0.720. The van der Waals surface area contributed by atoms with Crippen molar-refractivity contribution in [1.29, 1.82) is 0 Å². The standard InChI is InChI=1S/C25H32N4O6S/c1-5-33-21-16-20-22(24(35-7-3)23(21)34-6-2)25(27-17-26-20)28-12-14-29(15-13-28)36(30,31)19-10-8-18(32-4)9-11-19/h8-11,16-17H,5-7,12-15H2,1-4H3. The van der Waals surface area contributed by atoms with Crippen molar-refractivity contribution < 1.29 is 27.4 Å². The molecule has 3 aromatic rings. The highest BCUT2D eigenvalue weighted by atomic mass is 32.2. The summed E-state index contributed by atoms with van der Waals surface area (Å²) in [5.74, 6) is 2.90. The lowest BCUT2D eigenvalue weighted by atomic mass is 10.1. The molecule has 194 valence electrons. The molecule has 1 fully saturated rings. The summed E-state index contributed by atoms with van der Waals surface area (Å²) in [6, 6.07) is 8.27. The average Bonchev–Trinajstić information content (AvgIpc) is 2.90. The van der Waals surface area contributed by atoms with Gasteiger partial charge in [0, 0.05) is 32.2 Å². The van der Waals surface area contributed by atoms with E-state index in [1.165, 1.54) is 10.6 Å². The molecule has 1 aliphatic rings. The number of benzene rings is 2. The van der Waals surface area contributed by atoms with E-state index < -0.39 is 10.0 Å². The number of aromatic nitrogens is 2. The Morgan fingerprint density at radius 1 is 0.861 bits per heavy atom. The van der Waals surface area contributed by atoms with Crippen molar-refractivity contribution in [2.24, 2.45) is 0 Å². The summed E-state index contributed by atoms with van der Waals surface area (Å²) >= 11 is 0. The highest BCUT2D eigenvalue weighted by Crippen LogP contribution is 2.46. The van der Waals surface area contributed by atoms with E-state index in [9.17, 15) is 8.42 Å². The predicted octanol–water partition coefficient (Wildman–Crippen LogP) is 3.35. The van der Waals surface area contributed by atoms with Crippen LogP contribution in [0.5, 0.6) is 23.0 Å². The number of ether oxygens (including phenoxy) is 4. The van der Waals surface area contributed by atoms with Gasteiger partial charge in [0.25, 0.3) is 0 Å². The molecular weight excluding hydrogens is 484 g/mol. The lowest BCUT2D eigenvalue weighted by molar-refractivity contribution is 0.263. The van der Waals surface area contributed by atoms with Crippen molar-refractivity contribution in [3.8, 4) is 23.0 Å². The molecule has 0 unspecified atom stereocenters. The number of rotatable bonds is 10. The maximum Gasteiger partial charge on any atom is 0.243 e. The third kappa shape index (κ3) is 4.98. The van der Waals surface area contributed by atoms with Gasteiger partial charge in [0.05, 0.1) is 42.7 Å². The topological polar surface area (TPSA) is 103 Å². The Labute approximate surface area is 211 Å². The van der Waals surface area contributed by atoms with Crippen LogP contribution in [0.3, 0.4) is 0 Å². The lowest BCUT2D eigenvalue weighted by Gasteiger charge is -2.35. The fourth-order valence-corrected chi connectivity index (χ4v) is 5.66. The second-order valence-electron chi connectivity index (χ2n) is 7.99. The van der Waals surface area contributed by atoms with Crippen LogP contribution < -0.4 is 23.8 Å². The number of nitrogens with zero attached hydrogens (tertiary/aromatic N) is 4. The summed E-state index contributed by atoms with van der Waals surface area (Å²) in [7, 11) is -2.07. The van der Waals surface area contributed by atoms with Gasteiger partial charge < -0.3 is 23.8 Å². The van der Waals surface area contributed by atoms with Crippen LogP contribution in [-0.4, -0.2) is 75.8 Å².